The summed E-state index contributed by atoms with van der Waals surface area (Å²) in [6.07, 6.45) is 0. The summed E-state index contributed by atoms with van der Waals surface area (Å²) < 4.78 is 34.0. The zero-order valence-electron chi connectivity index (χ0n) is 11.7. The molecule has 0 spiro atoms. The summed E-state index contributed by atoms with van der Waals surface area (Å²) in [5.74, 6) is 11.0. The lowest BCUT2D eigenvalue weighted by molar-refractivity contribution is 0.0718. The van der Waals surface area contributed by atoms with Crippen molar-refractivity contribution in [3.05, 3.63) is 0 Å². The monoisotopic (exact) mass is 321 g/mol. The smallest absolute Gasteiger partial charge is 0.345 e. The zero-order chi connectivity index (χ0) is 15.5. The van der Waals surface area contributed by atoms with Crippen LogP contribution in [0.3, 0.4) is 0 Å². The van der Waals surface area contributed by atoms with Gasteiger partial charge in [0.05, 0.1) is 26.4 Å². The average molecular weight is 321 g/mol. The summed E-state index contributed by atoms with van der Waals surface area (Å²) in [4.78, 5) is 0. The summed E-state index contributed by atoms with van der Waals surface area (Å²) in [7, 11) is -3.90. The molecule has 0 rings (SSSR count). The molecule has 2 N–H and O–H groups in total. The number of hydrogen-bond acceptors (Lipinski definition) is 6. The molecule has 0 saturated heterocycles. The second-order valence-corrected chi connectivity index (χ2v) is 6.41. The van der Waals surface area contributed by atoms with Gasteiger partial charge in [0.25, 0.3) is 0 Å². The molecule has 0 bridgehead atoms. The van der Waals surface area contributed by atoms with Crippen LogP contribution < -0.4 is 4.13 Å². The molecule has 8 heteroatoms. The second kappa shape index (κ2) is 10.1. The van der Waals surface area contributed by atoms with Crippen LogP contribution in [0.5, 0.6) is 0 Å². The molecule has 0 atom stereocenters. The first kappa shape index (κ1) is 19.3. The molecule has 0 saturated carbocycles. The Morgan fingerprint density at radius 2 is 1.80 bits per heavy atom. The second-order valence-electron chi connectivity index (χ2n) is 3.58. The molecule has 0 unspecified atom stereocenters. The van der Waals surface area contributed by atoms with E-state index in [0.29, 0.717) is 0 Å². The predicted molar refractivity (Wildman–Crippen MR) is 78.8 cm³/mol. The number of aliphatic hydroxyl groups excluding tert-OH is 1. The molecular weight excluding hydrogens is 302 g/mol. The average Bonchev–Trinajstić information content (AvgIpc) is 2.37. The van der Waals surface area contributed by atoms with E-state index in [0.717, 1.165) is 11.9 Å². The van der Waals surface area contributed by atoms with Crippen LogP contribution in [0.25, 0.3) is 0 Å². The van der Waals surface area contributed by atoms with Crippen LogP contribution in [0.15, 0.2) is 0 Å². The topological polar surface area (TPSA) is 84.9 Å². The molecule has 6 nitrogen and oxygen atoms in total. The van der Waals surface area contributed by atoms with Crippen LogP contribution in [0.2, 0.25) is 0 Å². The first-order valence-electron chi connectivity index (χ1n) is 5.79. The zero-order valence-corrected chi connectivity index (χ0v) is 13.4. The highest BCUT2D eigenvalue weighted by molar-refractivity contribution is 8.08. The molecule has 0 aromatic carbocycles. The minimum Gasteiger partial charge on any atom is -0.394 e. The molecule has 20 heavy (non-hydrogen) atoms. The van der Waals surface area contributed by atoms with Crippen molar-refractivity contribution in [1.29, 1.82) is 0 Å². The van der Waals surface area contributed by atoms with Crippen molar-refractivity contribution in [3.8, 4) is 23.7 Å². The first-order valence-corrected chi connectivity index (χ1v) is 8.02. The van der Waals surface area contributed by atoms with Crippen LogP contribution in [0, 0.1) is 23.7 Å². The number of hydrogen-bond donors (Lipinski definition) is 2. The van der Waals surface area contributed by atoms with E-state index in [9.17, 15) is 8.42 Å². The van der Waals surface area contributed by atoms with Gasteiger partial charge in [0.1, 0.15) is 4.75 Å². The maximum Gasteiger partial charge on any atom is 0.345 e. The van der Waals surface area contributed by atoms with Gasteiger partial charge in [0.2, 0.25) is 0 Å². The number of rotatable bonds is 9. The molecule has 0 radical (unpaired) electrons. The van der Waals surface area contributed by atoms with Gasteiger partial charge in [-0.05, 0) is 32.7 Å². The SMILES string of the molecule is CC#CC(C)(C#CC)SNS(=O)(=O)OCCOCCO. The molecule has 0 aromatic rings. The highest BCUT2D eigenvalue weighted by Crippen LogP contribution is 2.21. The van der Waals surface area contributed by atoms with Crippen LogP contribution in [0.1, 0.15) is 20.8 Å². The molecule has 0 aliphatic heterocycles. The Kier molecular flexibility index (Phi) is 9.68. The van der Waals surface area contributed by atoms with Gasteiger partial charge in [0.15, 0.2) is 0 Å². The van der Waals surface area contributed by atoms with Gasteiger partial charge in [-0.15, -0.1) is 16.0 Å². The Labute approximate surface area is 125 Å². The van der Waals surface area contributed by atoms with Crippen LogP contribution in [-0.2, 0) is 19.2 Å². The highest BCUT2D eigenvalue weighted by atomic mass is 32.3. The Morgan fingerprint density at radius 3 is 2.30 bits per heavy atom. The van der Waals surface area contributed by atoms with E-state index in [-0.39, 0.29) is 26.4 Å². The van der Waals surface area contributed by atoms with Gasteiger partial charge in [0, 0.05) is 0 Å². The van der Waals surface area contributed by atoms with Crippen molar-refractivity contribution in [2.24, 2.45) is 0 Å². The third kappa shape index (κ3) is 9.21. The van der Waals surface area contributed by atoms with Gasteiger partial charge in [-0.25, -0.2) is 0 Å². The lowest BCUT2D eigenvalue weighted by Crippen LogP contribution is -2.28. The van der Waals surface area contributed by atoms with E-state index in [4.69, 9.17) is 9.84 Å². The maximum atomic E-state index is 11.6. The van der Waals surface area contributed by atoms with Crippen LogP contribution >= 0.6 is 11.9 Å². The van der Waals surface area contributed by atoms with Gasteiger partial charge < -0.3 is 9.84 Å². The Hall–Kier alpha value is -0.740. The summed E-state index contributed by atoms with van der Waals surface area (Å²) in [6.45, 7) is 4.97. The lowest BCUT2D eigenvalue weighted by atomic mass is 10.2. The Bertz CT molecular complexity index is 475. The van der Waals surface area contributed by atoms with Crippen LogP contribution in [-0.4, -0.2) is 44.7 Å². The molecule has 0 fully saturated rings. The van der Waals surface area contributed by atoms with Crippen molar-refractivity contribution in [2.75, 3.05) is 26.4 Å². The van der Waals surface area contributed by atoms with Crippen molar-refractivity contribution >= 4 is 22.3 Å². The molecule has 0 amide bonds. The van der Waals surface area contributed by atoms with Crippen LogP contribution in [0.4, 0.5) is 0 Å². The van der Waals surface area contributed by atoms with Crippen molar-refractivity contribution in [1.82, 2.24) is 4.13 Å². The number of aliphatic hydroxyl groups is 1. The first-order chi connectivity index (χ1) is 9.39. The quantitative estimate of drug-likeness (QED) is 0.361. The normalized spacial score (nSPS) is 11.2. The molecule has 0 aromatic heterocycles. The van der Waals surface area contributed by atoms with E-state index < -0.39 is 15.1 Å². The van der Waals surface area contributed by atoms with Crippen molar-refractivity contribution in [2.45, 2.75) is 25.5 Å². The molecule has 114 valence electrons. The fraction of sp³-hybridized carbons (Fsp3) is 0.667. The molecular formula is C12H19NO5S2. The van der Waals surface area contributed by atoms with E-state index in [1.165, 1.54) is 0 Å². The van der Waals surface area contributed by atoms with E-state index >= 15 is 0 Å². The standard InChI is InChI=1S/C12H19NO5S2/c1-4-6-12(3,7-5-2)19-13-20(15,16)18-11-10-17-9-8-14/h13-14H,8-11H2,1-3H3. The van der Waals surface area contributed by atoms with Gasteiger partial charge >= 0.3 is 10.3 Å². The fourth-order valence-corrected chi connectivity index (χ4v) is 2.95. The third-order valence-electron chi connectivity index (χ3n) is 1.78. The highest BCUT2D eigenvalue weighted by Gasteiger charge is 2.23. The molecule has 0 aliphatic rings. The van der Waals surface area contributed by atoms with E-state index in [2.05, 4.69) is 32.0 Å². The minimum atomic E-state index is -3.90. The van der Waals surface area contributed by atoms with Crippen molar-refractivity contribution in [3.63, 3.8) is 0 Å². The number of nitrogens with one attached hydrogen (secondary N) is 1. The molecule has 0 heterocycles. The third-order valence-corrected chi connectivity index (χ3v) is 4.02. The van der Waals surface area contributed by atoms with E-state index in [1.54, 1.807) is 20.8 Å². The molecule has 0 aliphatic carbocycles. The van der Waals surface area contributed by atoms with Gasteiger partial charge in [-0.2, -0.15) is 8.42 Å². The fourth-order valence-electron chi connectivity index (χ4n) is 1.09. The van der Waals surface area contributed by atoms with E-state index in [1.807, 2.05) is 0 Å². The summed E-state index contributed by atoms with van der Waals surface area (Å²) in [6, 6.07) is 0. The Morgan fingerprint density at radius 1 is 1.20 bits per heavy atom. The summed E-state index contributed by atoms with van der Waals surface area (Å²) in [5, 5.41) is 8.47. The summed E-state index contributed by atoms with van der Waals surface area (Å²) in [5.41, 5.74) is 0. The van der Waals surface area contributed by atoms with Crippen molar-refractivity contribution < 1.29 is 22.4 Å². The predicted octanol–water partition coefficient (Wildman–Crippen LogP) is 0.300. The maximum absolute atomic E-state index is 11.6. The largest absolute Gasteiger partial charge is 0.394 e. The van der Waals surface area contributed by atoms with Gasteiger partial charge in [-0.1, -0.05) is 11.8 Å². The lowest BCUT2D eigenvalue weighted by Gasteiger charge is -2.16. The number of ether oxygens (including phenoxy) is 1. The summed E-state index contributed by atoms with van der Waals surface area (Å²) >= 11 is 0.857. The Balaban J connectivity index is 4.30. The van der Waals surface area contributed by atoms with Gasteiger partial charge in [-0.3, -0.25) is 4.18 Å². The minimum absolute atomic E-state index is 0.0763.